The van der Waals surface area contributed by atoms with Crippen molar-refractivity contribution < 1.29 is 5.11 Å². The monoisotopic (exact) mass is 568 g/mol. The zero-order valence-electron chi connectivity index (χ0n) is 23.6. The maximum atomic E-state index is 9.01. The van der Waals surface area contributed by atoms with Crippen molar-refractivity contribution in [1.29, 1.82) is 0 Å². The Kier molecular flexibility index (Phi) is 9.24. The van der Waals surface area contributed by atoms with E-state index in [0.717, 1.165) is 74.6 Å². The van der Waals surface area contributed by atoms with E-state index in [1.54, 1.807) is 11.3 Å². The fraction of sp³-hybridized carbons (Fsp3) is 0.364. The van der Waals surface area contributed by atoms with Crippen molar-refractivity contribution in [3.05, 3.63) is 78.6 Å². The number of hydrogen-bond donors (Lipinski definition) is 4. The topological polar surface area (TPSA) is 79.5 Å². The van der Waals surface area contributed by atoms with Crippen LogP contribution in [0, 0.1) is 0 Å². The number of nitrogens with zero attached hydrogens (tertiary/aromatic N) is 3. The number of aromatic nitrogens is 2. The molecule has 0 atom stereocenters. The average Bonchev–Trinajstić information content (AvgIpc) is 3.66. The van der Waals surface area contributed by atoms with Gasteiger partial charge in [-0.15, -0.1) is 11.3 Å². The van der Waals surface area contributed by atoms with Gasteiger partial charge in [-0.2, -0.15) is 0 Å². The smallest absolute Gasteiger partial charge is 0.0837 e. The van der Waals surface area contributed by atoms with E-state index in [1.165, 1.54) is 45.5 Å². The first-order valence-electron chi connectivity index (χ1n) is 14.8. The van der Waals surface area contributed by atoms with Gasteiger partial charge in [0.05, 0.1) is 15.9 Å². The molecule has 5 aromatic rings. The highest BCUT2D eigenvalue weighted by Crippen LogP contribution is 2.37. The first kappa shape index (κ1) is 27.9. The number of benzene rings is 2. The molecule has 1 aliphatic rings. The summed E-state index contributed by atoms with van der Waals surface area (Å²) in [7, 11) is 0. The van der Waals surface area contributed by atoms with Gasteiger partial charge >= 0.3 is 0 Å². The van der Waals surface area contributed by atoms with Crippen molar-refractivity contribution in [2.45, 2.75) is 25.8 Å². The van der Waals surface area contributed by atoms with Gasteiger partial charge < -0.3 is 30.5 Å². The van der Waals surface area contributed by atoms with Gasteiger partial charge in [-0.05, 0) is 79.9 Å². The number of rotatable bonds is 13. The summed E-state index contributed by atoms with van der Waals surface area (Å²) in [5, 5.41) is 17.4. The Morgan fingerprint density at radius 3 is 2.49 bits per heavy atom. The number of anilines is 2. The summed E-state index contributed by atoms with van der Waals surface area (Å²) in [6.07, 6.45) is 7.18. The van der Waals surface area contributed by atoms with Crippen LogP contribution >= 0.6 is 11.3 Å². The van der Waals surface area contributed by atoms with E-state index in [2.05, 4.69) is 91.1 Å². The number of hydrogen-bond acceptors (Lipinski definition) is 7. The number of nitrogens with one attached hydrogen (secondary N) is 3. The third-order valence-corrected chi connectivity index (χ3v) is 9.19. The molecule has 41 heavy (non-hydrogen) atoms. The quantitative estimate of drug-likeness (QED) is 0.129. The Bertz CT molecular complexity index is 1540. The molecule has 7 nitrogen and oxygen atoms in total. The zero-order valence-corrected chi connectivity index (χ0v) is 24.4. The van der Waals surface area contributed by atoms with Gasteiger partial charge in [0.15, 0.2) is 0 Å². The predicted molar refractivity (Wildman–Crippen MR) is 172 cm³/mol. The molecule has 1 aliphatic heterocycles. The van der Waals surface area contributed by atoms with Gasteiger partial charge in [0.25, 0.3) is 0 Å². The highest BCUT2D eigenvalue weighted by atomic mass is 32.1. The maximum Gasteiger partial charge on any atom is 0.0837 e. The van der Waals surface area contributed by atoms with Crippen LogP contribution in [0.25, 0.3) is 31.6 Å². The molecular weight excluding hydrogens is 528 g/mol. The fourth-order valence-electron chi connectivity index (χ4n) is 5.60. The molecule has 0 saturated carbocycles. The second kappa shape index (κ2) is 13.6. The van der Waals surface area contributed by atoms with Gasteiger partial charge in [0, 0.05) is 79.7 Å². The number of pyridine rings is 1. The molecule has 1 fully saturated rings. The van der Waals surface area contributed by atoms with Crippen molar-refractivity contribution in [2.24, 2.45) is 0 Å². The normalized spacial score (nSPS) is 14.8. The first-order valence-corrected chi connectivity index (χ1v) is 15.7. The first-order chi connectivity index (χ1) is 20.2. The summed E-state index contributed by atoms with van der Waals surface area (Å²) < 4.78 is 1.17. The van der Waals surface area contributed by atoms with E-state index in [-0.39, 0.29) is 0 Å². The minimum absolute atomic E-state index is 0.299. The van der Waals surface area contributed by atoms with Crippen LogP contribution in [-0.4, -0.2) is 77.3 Å². The van der Waals surface area contributed by atoms with E-state index in [0.29, 0.717) is 6.61 Å². The van der Waals surface area contributed by atoms with Crippen LogP contribution < -0.4 is 10.6 Å². The van der Waals surface area contributed by atoms with Gasteiger partial charge in [0.2, 0.25) is 0 Å². The Balaban J connectivity index is 0.968. The Morgan fingerprint density at radius 1 is 0.878 bits per heavy atom. The lowest BCUT2D eigenvalue weighted by Gasteiger charge is -2.34. The van der Waals surface area contributed by atoms with E-state index < -0.39 is 0 Å². The number of aliphatic hydroxyl groups is 1. The largest absolute Gasteiger partial charge is 0.396 e. The molecule has 0 amide bonds. The van der Waals surface area contributed by atoms with Crippen LogP contribution in [0.5, 0.6) is 0 Å². The summed E-state index contributed by atoms with van der Waals surface area (Å²) in [6, 6.07) is 21.7. The highest BCUT2D eigenvalue weighted by molar-refractivity contribution is 7.22. The molecule has 8 heteroatoms. The van der Waals surface area contributed by atoms with E-state index in [9.17, 15) is 0 Å². The van der Waals surface area contributed by atoms with Crippen LogP contribution in [0.2, 0.25) is 0 Å². The van der Waals surface area contributed by atoms with E-state index in [4.69, 9.17) is 5.11 Å². The molecule has 2 aromatic carbocycles. The van der Waals surface area contributed by atoms with Crippen LogP contribution in [0.1, 0.15) is 24.8 Å². The number of aromatic amines is 1. The predicted octanol–water partition coefficient (Wildman–Crippen LogP) is 6.06. The highest BCUT2D eigenvalue weighted by Gasteiger charge is 2.15. The molecule has 214 valence electrons. The maximum absolute atomic E-state index is 9.01. The molecule has 4 heterocycles. The van der Waals surface area contributed by atoms with Crippen molar-refractivity contribution in [3.63, 3.8) is 0 Å². The van der Waals surface area contributed by atoms with Crippen molar-refractivity contribution in [2.75, 3.05) is 57.7 Å². The van der Waals surface area contributed by atoms with Gasteiger partial charge in [0.1, 0.15) is 0 Å². The fourth-order valence-corrected chi connectivity index (χ4v) is 6.69. The lowest BCUT2D eigenvalue weighted by atomic mass is 10.1. The molecule has 6 rings (SSSR count). The number of H-pyrrole nitrogens is 1. The lowest BCUT2D eigenvalue weighted by molar-refractivity contribution is 0.123. The Labute approximate surface area is 246 Å². The third kappa shape index (κ3) is 7.15. The van der Waals surface area contributed by atoms with E-state index in [1.807, 2.05) is 12.4 Å². The summed E-state index contributed by atoms with van der Waals surface area (Å²) >= 11 is 1.79. The van der Waals surface area contributed by atoms with Crippen molar-refractivity contribution in [3.8, 4) is 10.4 Å². The minimum Gasteiger partial charge on any atom is -0.396 e. The summed E-state index contributed by atoms with van der Waals surface area (Å²) in [6.45, 7) is 9.05. The van der Waals surface area contributed by atoms with Gasteiger partial charge in [-0.25, -0.2) is 0 Å². The average molecular weight is 569 g/mol. The second-order valence-corrected chi connectivity index (χ2v) is 12.0. The second-order valence-electron chi connectivity index (χ2n) is 10.9. The van der Waals surface area contributed by atoms with Gasteiger partial charge in [-0.1, -0.05) is 24.3 Å². The summed E-state index contributed by atoms with van der Waals surface area (Å²) in [4.78, 5) is 14.2. The van der Waals surface area contributed by atoms with Crippen LogP contribution in [0.4, 0.5) is 11.4 Å². The summed E-state index contributed by atoms with van der Waals surface area (Å²) in [5.41, 5.74) is 6.87. The molecule has 0 unspecified atom stereocenters. The molecule has 4 N–H and O–H groups in total. The van der Waals surface area contributed by atoms with Crippen LogP contribution in [0.15, 0.2) is 73.1 Å². The van der Waals surface area contributed by atoms with Gasteiger partial charge in [-0.3, -0.25) is 4.98 Å². The molecular formula is C33H40N6OS. The molecule has 3 aromatic heterocycles. The number of piperazine rings is 1. The van der Waals surface area contributed by atoms with E-state index >= 15 is 0 Å². The van der Waals surface area contributed by atoms with Crippen LogP contribution in [0.3, 0.4) is 0 Å². The molecule has 0 bridgehead atoms. The number of aliphatic hydroxyl groups excluding tert-OH is 1. The third-order valence-electron chi connectivity index (χ3n) is 7.99. The number of fused-ring (bicyclic) bond motifs is 2. The molecule has 0 aliphatic carbocycles. The molecule has 0 radical (unpaired) electrons. The lowest BCUT2D eigenvalue weighted by Crippen LogP contribution is -2.46. The zero-order chi connectivity index (χ0) is 27.9. The molecule has 0 spiro atoms. The molecule has 1 saturated heterocycles. The Morgan fingerprint density at radius 2 is 1.68 bits per heavy atom. The van der Waals surface area contributed by atoms with Crippen molar-refractivity contribution in [1.82, 2.24) is 25.1 Å². The SMILES string of the molecule is OCCCN1CCN(CCCCNCc2ccc(-c3cc4nccc(Nc5ccc6[nH]ccc6c5)c4s3)cc2)CC1. The van der Waals surface area contributed by atoms with Crippen LogP contribution in [-0.2, 0) is 6.54 Å². The number of unbranched alkanes of at least 4 members (excludes halogenated alkanes) is 1. The summed E-state index contributed by atoms with van der Waals surface area (Å²) in [5.74, 6) is 0. The minimum atomic E-state index is 0.299. The Hall–Kier alpha value is -3.27. The standard InChI is InChI=1S/C33H40N6OS/c40-21-3-16-39-19-17-38(18-20-39)15-2-1-12-34-24-25-4-6-26(7-5-25)32-23-31-33(41-32)30(11-14-36-31)37-28-8-9-29-27(22-28)10-13-35-29/h4-11,13-14,22-23,34-35,40H,1-3,12,15-21,24H2,(H,36,37). The number of thiophene rings is 1. The van der Waals surface area contributed by atoms with Crippen molar-refractivity contribution >= 4 is 43.8 Å².